The predicted molar refractivity (Wildman–Crippen MR) is 90.3 cm³/mol. The number of amides is 1. The predicted octanol–water partition coefficient (Wildman–Crippen LogP) is 2.53. The Labute approximate surface area is 147 Å². The van der Waals surface area contributed by atoms with Crippen LogP contribution in [0.2, 0.25) is 0 Å². The summed E-state index contributed by atoms with van der Waals surface area (Å²) in [5.41, 5.74) is 0. The van der Waals surface area contributed by atoms with Crippen LogP contribution in [0.15, 0.2) is 23.1 Å². The molecule has 1 N–H and O–H groups in total. The molecule has 0 spiro atoms. The molecule has 1 aromatic rings. The second-order valence-corrected chi connectivity index (χ2v) is 8.73. The number of nitrogens with zero attached hydrogens (tertiary/aromatic N) is 1. The van der Waals surface area contributed by atoms with E-state index in [1.165, 1.54) is 4.31 Å². The lowest BCUT2D eigenvalue weighted by molar-refractivity contribution is -0.127. The van der Waals surface area contributed by atoms with Gasteiger partial charge in [-0.2, -0.15) is 4.31 Å². The zero-order chi connectivity index (χ0) is 18.8. The maximum absolute atomic E-state index is 13.3. The Morgan fingerprint density at radius 2 is 1.76 bits per heavy atom. The Kier molecular flexibility index (Phi) is 6.16. The summed E-state index contributed by atoms with van der Waals surface area (Å²) in [5.74, 6) is -2.27. The van der Waals surface area contributed by atoms with Gasteiger partial charge in [0.15, 0.2) is 11.6 Å². The Balaban J connectivity index is 2.01. The summed E-state index contributed by atoms with van der Waals surface area (Å²) in [6, 6.07) is 2.59. The SMILES string of the molecule is CC(C)C(C)NC(=O)C1CCN(S(=O)(=O)c2ccc(F)c(F)c2)CC1. The van der Waals surface area contributed by atoms with E-state index in [0.717, 1.165) is 12.1 Å². The van der Waals surface area contributed by atoms with E-state index in [1.54, 1.807) is 0 Å². The minimum Gasteiger partial charge on any atom is -0.353 e. The van der Waals surface area contributed by atoms with Gasteiger partial charge in [0.1, 0.15) is 0 Å². The van der Waals surface area contributed by atoms with Crippen LogP contribution in [0.25, 0.3) is 0 Å². The Morgan fingerprint density at radius 1 is 1.16 bits per heavy atom. The highest BCUT2D eigenvalue weighted by Gasteiger charge is 2.33. The largest absolute Gasteiger partial charge is 0.353 e. The van der Waals surface area contributed by atoms with E-state index >= 15 is 0 Å². The fourth-order valence-corrected chi connectivity index (χ4v) is 4.14. The molecule has 1 fully saturated rings. The molecule has 1 amide bonds. The molecule has 2 rings (SSSR count). The van der Waals surface area contributed by atoms with Crippen LogP contribution in [-0.2, 0) is 14.8 Å². The summed E-state index contributed by atoms with van der Waals surface area (Å²) in [6.07, 6.45) is 0.805. The van der Waals surface area contributed by atoms with Gasteiger partial charge in [-0.1, -0.05) is 13.8 Å². The molecule has 1 unspecified atom stereocenters. The Hall–Kier alpha value is -1.54. The van der Waals surface area contributed by atoms with E-state index in [4.69, 9.17) is 0 Å². The molecule has 140 valence electrons. The molecule has 1 heterocycles. The highest BCUT2D eigenvalue weighted by atomic mass is 32.2. The first-order chi connectivity index (χ1) is 11.6. The van der Waals surface area contributed by atoms with Crippen LogP contribution in [0.5, 0.6) is 0 Å². The summed E-state index contributed by atoms with van der Waals surface area (Å²) < 4.78 is 52.6. The zero-order valence-electron chi connectivity index (χ0n) is 14.6. The molecule has 1 saturated heterocycles. The fourth-order valence-electron chi connectivity index (χ4n) is 2.65. The van der Waals surface area contributed by atoms with Crippen molar-refractivity contribution in [3.63, 3.8) is 0 Å². The van der Waals surface area contributed by atoms with Crippen molar-refractivity contribution in [3.05, 3.63) is 29.8 Å². The van der Waals surface area contributed by atoms with Crippen LogP contribution in [0.4, 0.5) is 8.78 Å². The lowest BCUT2D eigenvalue weighted by Crippen LogP contribution is -2.45. The van der Waals surface area contributed by atoms with Crippen molar-refractivity contribution < 1.29 is 22.0 Å². The number of piperidine rings is 1. The number of hydrogen-bond acceptors (Lipinski definition) is 3. The average molecular weight is 374 g/mol. The third-order valence-electron chi connectivity index (χ3n) is 4.72. The Bertz CT molecular complexity index is 729. The number of halogens is 2. The molecule has 1 aliphatic rings. The minimum atomic E-state index is -3.89. The molecule has 0 bridgehead atoms. The quantitative estimate of drug-likeness (QED) is 0.861. The van der Waals surface area contributed by atoms with Gasteiger partial charge in [-0.05, 0) is 43.9 Å². The standard InChI is InChI=1S/C17H24F2N2O3S/c1-11(2)12(3)20-17(22)13-6-8-21(9-7-13)25(23,24)14-4-5-15(18)16(19)10-14/h4-5,10-13H,6-9H2,1-3H3,(H,20,22). The number of sulfonamides is 1. The highest BCUT2D eigenvalue weighted by Crippen LogP contribution is 2.25. The molecule has 0 radical (unpaired) electrons. The van der Waals surface area contributed by atoms with Crippen LogP contribution in [0.3, 0.4) is 0 Å². The van der Waals surface area contributed by atoms with E-state index in [2.05, 4.69) is 5.32 Å². The van der Waals surface area contributed by atoms with Crippen molar-refractivity contribution in [1.29, 1.82) is 0 Å². The maximum Gasteiger partial charge on any atom is 0.243 e. The van der Waals surface area contributed by atoms with E-state index in [9.17, 15) is 22.0 Å². The van der Waals surface area contributed by atoms with Crippen molar-refractivity contribution in [2.45, 2.75) is 44.6 Å². The molecule has 5 nitrogen and oxygen atoms in total. The van der Waals surface area contributed by atoms with E-state index in [1.807, 2.05) is 20.8 Å². The lowest BCUT2D eigenvalue weighted by atomic mass is 9.96. The molecular formula is C17H24F2N2O3S. The normalized spacial score (nSPS) is 18.3. The lowest BCUT2D eigenvalue weighted by Gasteiger charge is -2.31. The Morgan fingerprint density at radius 3 is 2.28 bits per heavy atom. The van der Waals surface area contributed by atoms with Crippen molar-refractivity contribution in [3.8, 4) is 0 Å². The van der Waals surface area contributed by atoms with Gasteiger partial charge in [0, 0.05) is 25.0 Å². The number of benzene rings is 1. The second-order valence-electron chi connectivity index (χ2n) is 6.80. The van der Waals surface area contributed by atoms with Crippen LogP contribution in [0.1, 0.15) is 33.6 Å². The zero-order valence-corrected chi connectivity index (χ0v) is 15.4. The first-order valence-corrected chi connectivity index (χ1v) is 9.82. The summed E-state index contributed by atoms with van der Waals surface area (Å²) in [6.45, 7) is 6.32. The van der Waals surface area contributed by atoms with Crippen LogP contribution in [-0.4, -0.2) is 37.8 Å². The molecule has 1 aliphatic heterocycles. The van der Waals surface area contributed by atoms with Crippen molar-refractivity contribution in [1.82, 2.24) is 9.62 Å². The van der Waals surface area contributed by atoms with Crippen LogP contribution >= 0.6 is 0 Å². The topological polar surface area (TPSA) is 66.5 Å². The van der Waals surface area contributed by atoms with Gasteiger partial charge in [0.25, 0.3) is 0 Å². The molecule has 0 aromatic heterocycles. The minimum absolute atomic E-state index is 0.0523. The average Bonchev–Trinajstić information content (AvgIpc) is 2.57. The third-order valence-corrected chi connectivity index (χ3v) is 6.62. The highest BCUT2D eigenvalue weighted by molar-refractivity contribution is 7.89. The monoisotopic (exact) mass is 374 g/mol. The molecule has 1 atom stereocenters. The maximum atomic E-state index is 13.3. The first kappa shape index (κ1) is 19.8. The second kappa shape index (κ2) is 7.78. The van der Waals surface area contributed by atoms with Gasteiger partial charge in [-0.3, -0.25) is 4.79 Å². The fraction of sp³-hybridized carbons (Fsp3) is 0.588. The van der Waals surface area contributed by atoms with Gasteiger partial charge < -0.3 is 5.32 Å². The van der Waals surface area contributed by atoms with Gasteiger partial charge in [0.2, 0.25) is 15.9 Å². The van der Waals surface area contributed by atoms with Gasteiger partial charge >= 0.3 is 0 Å². The summed E-state index contributed by atoms with van der Waals surface area (Å²) >= 11 is 0. The van der Waals surface area contributed by atoms with Gasteiger partial charge in [-0.25, -0.2) is 17.2 Å². The first-order valence-electron chi connectivity index (χ1n) is 8.38. The number of carbonyl (C=O) groups is 1. The van der Waals surface area contributed by atoms with Crippen LogP contribution in [0, 0.1) is 23.5 Å². The van der Waals surface area contributed by atoms with Crippen molar-refractivity contribution >= 4 is 15.9 Å². The number of rotatable bonds is 5. The van der Waals surface area contributed by atoms with Gasteiger partial charge in [-0.15, -0.1) is 0 Å². The number of hydrogen-bond donors (Lipinski definition) is 1. The van der Waals surface area contributed by atoms with Crippen molar-refractivity contribution in [2.75, 3.05) is 13.1 Å². The van der Waals surface area contributed by atoms with E-state index < -0.39 is 21.7 Å². The van der Waals surface area contributed by atoms with Crippen LogP contribution < -0.4 is 5.32 Å². The van der Waals surface area contributed by atoms with Crippen molar-refractivity contribution in [2.24, 2.45) is 11.8 Å². The number of carbonyl (C=O) groups excluding carboxylic acids is 1. The molecular weight excluding hydrogens is 350 g/mol. The molecule has 25 heavy (non-hydrogen) atoms. The smallest absolute Gasteiger partial charge is 0.243 e. The van der Waals surface area contributed by atoms with E-state index in [-0.39, 0.29) is 35.9 Å². The molecule has 8 heteroatoms. The summed E-state index contributed by atoms with van der Waals surface area (Å²) in [7, 11) is -3.89. The third kappa shape index (κ3) is 4.55. The number of nitrogens with one attached hydrogen (secondary N) is 1. The van der Waals surface area contributed by atoms with Gasteiger partial charge in [0.05, 0.1) is 4.90 Å². The summed E-state index contributed by atoms with van der Waals surface area (Å²) in [5, 5.41) is 2.95. The molecule has 0 aliphatic carbocycles. The summed E-state index contributed by atoms with van der Waals surface area (Å²) in [4.78, 5) is 12.0. The molecule has 0 saturated carbocycles. The van der Waals surface area contributed by atoms with E-state index in [0.29, 0.717) is 24.8 Å². The molecule has 1 aromatic carbocycles.